The molecule has 102 valence electrons. The van der Waals surface area contributed by atoms with Crippen molar-refractivity contribution in [1.82, 2.24) is 5.32 Å². The molecular weight excluding hydrogens is 249 g/mol. The van der Waals surface area contributed by atoms with E-state index in [9.17, 15) is 4.39 Å². The van der Waals surface area contributed by atoms with Gasteiger partial charge in [0.25, 0.3) is 0 Å². The lowest BCUT2D eigenvalue weighted by molar-refractivity contribution is 0.410. The average molecular weight is 271 g/mol. The van der Waals surface area contributed by atoms with Crippen LogP contribution in [0.4, 0.5) is 4.39 Å². The van der Waals surface area contributed by atoms with Gasteiger partial charge in [0.1, 0.15) is 11.6 Å². The summed E-state index contributed by atoms with van der Waals surface area (Å²) in [4.78, 5) is 0. The Morgan fingerprint density at radius 3 is 2.83 bits per heavy atom. The van der Waals surface area contributed by atoms with E-state index in [2.05, 4.69) is 19.2 Å². The fourth-order valence-electron chi connectivity index (χ4n) is 1.59. The van der Waals surface area contributed by atoms with E-state index in [1.54, 1.807) is 19.2 Å². The first-order chi connectivity index (χ1) is 8.67. The zero-order chi connectivity index (χ0) is 13.4. The lowest BCUT2D eigenvalue weighted by Gasteiger charge is -2.14. The van der Waals surface area contributed by atoms with Crippen molar-refractivity contribution in [3.63, 3.8) is 0 Å². The van der Waals surface area contributed by atoms with Crippen molar-refractivity contribution in [3.8, 4) is 5.75 Å². The third-order valence-corrected chi connectivity index (χ3v) is 3.73. The molecule has 0 bridgehead atoms. The summed E-state index contributed by atoms with van der Waals surface area (Å²) in [7, 11) is 1.54. The zero-order valence-electron chi connectivity index (χ0n) is 11.3. The number of hydrogen-bond acceptors (Lipinski definition) is 3. The maximum absolute atomic E-state index is 13.7. The van der Waals surface area contributed by atoms with Gasteiger partial charge in [0.2, 0.25) is 0 Å². The van der Waals surface area contributed by atoms with Crippen LogP contribution in [0.1, 0.15) is 25.8 Å². The van der Waals surface area contributed by atoms with E-state index in [-0.39, 0.29) is 5.82 Å². The number of halogens is 1. The van der Waals surface area contributed by atoms with Gasteiger partial charge in [0.15, 0.2) is 0 Å². The Morgan fingerprint density at radius 1 is 1.44 bits per heavy atom. The topological polar surface area (TPSA) is 21.3 Å². The maximum Gasteiger partial charge on any atom is 0.131 e. The lowest BCUT2D eigenvalue weighted by Crippen LogP contribution is -2.26. The molecule has 18 heavy (non-hydrogen) atoms. The van der Waals surface area contributed by atoms with Crippen LogP contribution in [-0.4, -0.2) is 24.7 Å². The molecule has 1 unspecified atom stereocenters. The number of benzene rings is 1. The highest BCUT2D eigenvalue weighted by atomic mass is 32.2. The fourth-order valence-corrected chi connectivity index (χ4v) is 2.40. The zero-order valence-corrected chi connectivity index (χ0v) is 12.1. The highest BCUT2D eigenvalue weighted by molar-refractivity contribution is 7.99. The summed E-state index contributed by atoms with van der Waals surface area (Å²) < 4.78 is 18.6. The summed E-state index contributed by atoms with van der Waals surface area (Å²) >= 11 is 1.94. The van der Waals surface area contributed by atoms with Crippen LogP contribution in [0.25, 0.3) is 0 Å². The molecule has 0 aliphatic rings. The Morgan fingerprint density at radius 2 is 2.22 bits per heavy atom. The van der Waals surface area contributed by atoms with Gasteiger partial charge in [-0.25, -0.2) is 4.39 Å². The third-order valence-electron chi connectivity index (χ3n) is 2.80. The Hall–Kier alpha value is -0.740. The molecule has 0 aliphatic heterocycles. The van der Waals surface area contributed by atoms with Gasteiger partial charge in [-0.3, -0.25) is 0 Å². The molecule has 1 rings (SSSR count). The first-order valence-electron chi connectivity index (χ1n) is 6.31. The van der Waals surface area contributed by atoms with Crippen LogP contribution in [0.2, 0.25) is 0 Å². The van der Waals surface area contributed by atoms with Crippen molar-refractivity contribution >= 4 is 11.8 Å². The number of nitrogens with one attached hydrogen (secondary N) is 1. The molecule has 0 heterocycles. The van der Waals surface area contributed by atoms with Crippen molar-refractivity contribution in [2.75, 3.05) is 18.6 Å². The molecule has 0 amide bonds. The van der Waals surface area contributed by atoms with E-state index in [1.807, 2.05) is 11.8 Å². The van der Waals surface area contributed by atoms with Crippen molar-refractivity contribution < 1.29 is 9.13 Å². The van der Waals surface area contributed by atoms with Crippen molar-refractivity contribution in [2.24, 2.45) is 0 Å². The number of rotatable bonds is 8. The Kier molecular flexibility index (Phi) is 7.13. The first kappa shape index (κ1) is 15.3. The molecule has 0 spiro atoms. The Labute approximate surface area is 113 Å². The third kappa shape index (κ3) is 5.27. The van der Waals surface area contributed by atoms with E-state index >= 15 is 0 Å². The van der Waals surface area contributed by atoms with Crippen molar-refractivity contribution in [1.29, 1.82) is 0 Å². The predicted octanol–water partition coefficient (Wildman–Crippen LogP) is 3.46. The molecule has 1 N–H and O–H groups in total. The lowest BCUT2D eigenvalue weighted by atomic mass is 10.2. The predicted molar refractivity (Wildman–Crippen MR) is 76.9 cm³/mol. The van der Waals surface area contributed by atoms with Gasteiger partial charge in [-0.1, -0.05) is 13.0 Å². The summed E-state index contributed by atoms with van der Waals surface area (Å²) in [6.07, 6.45) is 1.11. The monoisotopic (exact) mass is 271 g/mol. The SMILES string of the molecule is CCSCCC(C)NCc1ccc(OC)cc1F. The minimum absolute atomic E-state index is 0.211. The minimum Gasteiger partial charge on any atom is -0.497 e. The molecular formula is C14H22FNOS. The number of ether oxygens (including phenoxy) is 1. The standard InChI is InChI=1S/C14H22FNOS/c1-4-18-8-7-11(2)16-10-12-5-6-13(17-3)9-14(12)15/h5-6,9,11,16H,4,7-8,10H2,1-3H3. The van der Waals surface area contributed by atoms with E-state index in [4.69, 9.17) is 4.74 Å². The van der Waals surface area contributed by atoms with Gasteiger partial charge in [-0.2, -0.15) is 11.8 Å². The Bertz CT molecular complexity index is 360. The second-order valence-corrected chi connectivity index (χ2v) is 5.62. The van der Waals surface area contributed by atoms with Crippen LogP contribution in [-0.2, 0) is 6.54 Å². The molecule has 1 aromatic rings. The van der Waals surface area contributed by atoms with E-state index in [0.29, 0.717) is 23.9 Å². The van der Waals surface area contributed by atoms with Crippen LogP contribution >= 0.6 is 11.8 Å². The van der Waals surface area contributed by atoms with Crippen molar-refractivity contribution in [2.45, 2.75) is 32.9 Å². The van der Waals surface area contributed by atoms with Crippen LogP contribution in [0, 0.1) is 5.82 Å². The van der Waals surface area contributed by atoms with Crippen LogP contribution < -0.4 is 10.1 Å². The van der Waals surface area contributed by atoms with Gasteiger partial charge < -0.3 is 10.1 Å². The molecule has 4 heteroatoms. The quantitative estimate of drug-likeness (QED) is 0.732. The molecule has 0 aliphatic carbocycles. The smallest absolute Gasteiger partial charge is 0.131 e. The maximum atomic E-state index is 13.7. The summed E-state index contributed by atoms with van der Waals surface area (Å²) in [5, 5.41) is 3.34. The second-order valence-electron chi connectivity index (χ2n) is 4.22. The van der Waals surface area contributed by atoms with Gasteiger partial charge in [0, 0.05) is 24.2 Å². The van der Waals surface area contributed by atoms with Crippen LogP contribution in [0.5, 0.6) is 5.75 Å². The highest BCUT2D eigenvalue weighted by Gasteiger charge is 2.06. The molecule has 1 atom stereocenters. The van der Waals surface area contributed by atoms with Gasteiger partial charge in [-0.15, -0.1) is 0 Å². The van der Waals surface area contributed by atoms with Crippen LogP contribution in [0.15, 0.2) is 18.2 Å². The summed E-state index contributed by atoms with van der Waals surface area (Å²) in [6.45, 7) is 4.86. The molecule has 0 radical (unpaired) electrons. The normalized spacial score (nSPS) is 12.4. The molecule has 0 aromatic heterocycles. The van der Waals surface area contributed by atoms with Crippen molar-refractivity contribution in [3.05, 3.63) is 29.6 Å². The number of methoxy groups -OCH3 is 1. The van der Waals surface area contributed by atoms with Gasteiger partial charge in [-0.05, 0) is 30.9 Å². The molecule has 2 nitrogen and oxygen atoms in total. The van der Waals surface area contributed by atoms with E-state index < -0.39 is 0 Å². The summed E-state index contributed by atoms with van der Waals surface area (Å²) in [5.41, 5.74) is 0.686. The average Bonchev–Trinajstić information content (AvgIpc) is 2.37. The van der Waals surface area contributed by atoms with E-state index in [0.717, 1.165) is 17.9 Å². The second kappa shape index (κ2) is 8.38. The summed E-state index contributed by atoms with van der Waals surface area (Å²) in [6, 6.07) is 5.40. The highest BCUT2D eigenvalue weighted by Crippen LogP contribution is 2.16. The molecule has 0 saturated carbocycles. The molecule has 1 aromatic carbocycles. The van der Waals surface area contributed by atoms with E-state index in [1.165, 1.54) is 6.07 Å². The fraction of sp³-hybridized carbons (Fsp3) is 0.571. The first-order valence-corrected chi connectivity index (χ1v) is 7.46. The number of thioether (sulfide) groups is 1. The molecule has 0 fully saturated rings. The molecule has 0 saturated heterocycles. The number of hydrogen-bond donors (Lipinski definition) is 1. The largest absolute Gasteiger partial charge is 0.497 e. The van der Waals surface area contributed by atoms with Gasteiger partial charge in [0.05, 0.1) is 7.11 Å². The van der Waals surface area contributed by atoms with Crippen LogP contribution in [0.3, 0.4) is 0 Å². The Balaban J connectivity index is 2.38. The minimum atomic E-state index is -0.211. The summed E-state index contributed by atoms with van der Waals surface area (Å²) in [5.74, 6) is 2.65. The van der Waals surface area contributed by atoms with Gasteiger partial charge >= 0.3 is 0 Å².